The van der Waals surface area contributed by atoms with Crippen molar-refractivity contribution >= 4 is 17.4 Å². The molecule has 1 heterocycles. The molecule has 0 bridgehead atoms. The lowest BCUT2D eigenvalue weighted by Crippen LogP contribution is -2.03. The molecule has 1 aromatic carbocycles. The Labute approximate surface area is 105 Å². The monoisotopic (exact) mass is 249 g/mol. The molecule has 0 aliphatic heterocycles. The first-order valence-electron chi connectivity index (χ1n) is 5.14. The van der Waals surface area contributed by atoms with Gasteiger partial charge in [0.15, 0.2) is 5.82 Å². The number of hydrogen-bond donors (Lipinski definition) is 1. The van der Waals surface area contributed by atoms with Crippen LogP contribution in [0.15, 0.2) is 36.5 Å². The number of aromatic nitrogens is 2. The SMILES string of the molecule is COc1ncc(Cl)c(NCc2ccccc2)n1. The molecule has 4 nitrogen and oxygen atoms in total. The molecule has 0 amide bonds. The van der Waals surface area contributed by atoms with Gasteiger partial charge in [-0.05, 0) is 5.56 Å². The van der Waals surface area contributed by atoms with Crippen molar-refractivity contribution in [2.24, 2.45) is 0 Å². The number of rotatable bonds is 4. The highest BCUT2D eigenvalue weighted by Crippen LogP contribution is 2.20. The second kappa shape index (κ2) is 5.50. The molecule has 1 N–H and O–H groups in total. The summed E-state index contributed by atoms with van der Waals surface area (Å²) >= 11 is 5.98. The number of ether oxygens (including phenoxy) is 1. The number of halogens is 1. The van der Waals surface area contributed by atoms with E-state index in [9.17, 15) is 0 Å². The van der Waals surface area contributed by atoms with Gasteiger partial charge in [0, 0.05) is 6.54 Å². The van der Waals surface area contributed by atoms with Gasteiger partial charge in [-0.15, -0.1) is 0 Å². The predicted octanol–water partition coefficient (Wildman–Crippen LogP) is 2.75. The maximum absolute atomic E-state index is 5.98. The van der Waals surface area contributed by atoms with E-state index < -0.39 is 0 Å². The van der Waals surface area contributed by atoms with Gasteiger partial charge in [-0.25, -0.2) is 4.98 Å². The molecule has 2 rings (SSSR count). The summed E-state index contributed by atoms with van der Waals surface area (Å²) in [5, 5.41) is 3.61. The van der Waals surface area contributed by atoms with E-state index >= 15 is 0 Å². The van der Waals surface area contributed by atoms with E-state index in [1.54, 1.807) is 0 Å². The zero-order valence-electron chi connectivity index (χ0n) is 9.35. The standard InChI is InChI=1S/C12H12ClN3O/c1-17-12-15-8-10(13)11(16-12)14-7-9-5-3-2-4-6-9/h2-6,8H,7H2,1H3,(H,14,15,16). The number of nitrogens with zero attached hydrogens (tertiary/aromatic N) is 2. The largest absolute Gasteiger partial charge is 0.467 e. The van der Waals surface area contributed by atoms with Gasteiger partial charge in [-0.1, -0.05) is 41.9 Å². The van der Waals surface area contributed by atoms with Crippen molar-refractivity contribution in [3.63, 3.8) is 0 Å². The quantitative estimate of drug-likeness (QED) is 0.905. The normalized spacial score (nSPS) is 10.0. The van der Waals surface area contributed by atoms with Crippen LogP contribution in [0.1, 0.15) is 5.56 Å². The van der Waals surface area contributed by atoms with Crippen molar-refractivity contribution in [2.75, 3.05) is 12.4 Å². The molecular formula is C12H12ClN3O. The summed E-state index contributed by atoms with van der Waals surface area (Å²) in [6.45, 7) is 0.653. The average Bonchev–Trinajstić information content (AvgIpc) is 2.39. The Hall–Kier alpha value is -1.81. The minimum absolute atomic E-state index is 0.296. The van der Waals surface area contributed by atoms with Crippen LogP contribution in [-0.2, 0) is 6.54 Å². The van der Waals surface area contributed by atoms with Crippen LogP contribution in [0, 0.1) is 0 Å². The summed E-state index contributed by atoms with van der Waals surface area (Å²) in [4.78, 5) is 8.04. The third-order valence-corrected chi connectivity index (χ3v) is 2.48. The third kappa shape index (κ3) is 3.07. The fourth-order valence-corrected chi connectivity index (χ4v) is 1.51. The summed E-state index contributed by atoms with van der Waals surface area (Å²) in [5.41, 5.74) is 1.15. The van der Waals surface area contributed by atoms with Gasteiger partial charge in [0.2, 0.25) is 0 Å². The van der Waals surface area contributed by atoms with Crippen molar-refractivity contribution < 1.29 is 4.74 Å². The summed E-state index contributed by atoms with van der Waals surface area (Å²) in [6, 6.07) is 10.3. The van der Waals surface area contributed by atoms with E-state index in [1.165, 1.54) is 13.3 Å². The lowest BCUT2D eigenvalue weighted by molar-refractivity contribution is 0.380. The summed E-state index contributed by atoms with van der Waals surface area (Å²) in [5.74, 6) is 0.572. The molecule has 0 aliphatic carbocycles. The maximum Gasteiger partial charge on any atom is 0.318 e. The van der Waals surface area contributed by atoms with Crippen LogP contribution in [0.2, 0.25) is 5.02 Å². The van der Waals surface area contributed by atoms with Gasteiger partial charge in [0.25, 0.3) is 0 Å². The van der Waals surface area contributed by atoms with Crippen LogP contribution < -0.4 is 10.1 Å². The fourth-order valence-electron chi connectivity index (χ4n) is 1.35. The first-order valence-corrected chi connectivity index (χ1v) is 5.51. The molecule has 0 spiro atoms. The number of benzene rings is 1. The maximum atomic E-state index is 5.98. The molecule has 1 aromatic heterocycles. The van der Waals surface area contributed by atoms with Crippen molar-refractivity contribution in [2.45, 2.75) is 6.54 Å². The molecule has 17 heavy (non-hydrogen) atoms. The number of hydrogen-bond acceptors (Lipinski definition) is 4. The summed E-state index contributed by atoms with van der Waals surface area (Å²) in [6.07, 6.45) is 1.51. The third-order valence-electron chi connectivity index (χ3n) is 2.21. The first kappa shape index (κ1) is 11.7. The van der Waals surface area contributed by atoms with E-state index in [4.69, 9.17) is 16.3 Å². The zero-order chi connectivity index (χ0) is 12.1. The Morgan fingerprint density at radius 2 is 2.06 bits per heavy atom. The molecule has 0 unspecified atom stereocenters. The predicted molar refractivity (Wildman–Crippen MR) is 67.4 cm³/mol. The minimum atomic E-state index is 0.296. The van der Waals surface area contributed by atoms with Crippen molar-refractivity contribution in [1.29, 1.82) is 0 Å². The van der Waals surface area contributed by atoms with Crippen LogP contribution >= 0.6 is 11.6 Å². The summed E-state index contributed by atoms with van der Waals surface area (Å²) in [7, 11) is 1.52. The lowest BCUT2D eigenvalue weighted by Gasteiger charge is -2.08. The van der Waals surface area contributed by atoms with E-state index in [0.717, 1.165) is 5.56 Å². The average molecular weight is 250 g/mol. The number of methoxy groups -OCH3 is 1. The molecule has 88 valence electrons. The van der Waals surface area contributed by atoms with Crippen molar-refractivity contribution in [1.82, 2.24) is 9.97 Å². The lowest BCUT2D eigenvalue weighted by atomic mass is 10.2. The van der Waals surface area contributed by atoms with Crippen molar-refractivity contribution in [3.05, 3.63) is 47.1 Å². The van der Waals surface area contributed by atoms with Crippen LogP contribution in [-0.4, -0.2) is 17.1 Å². The highest BCUT2D eigenvalue weighted by molar-refractivity contribution is 6.32. The first-order chi connectivity index (χ1) is 8.29. The number of anilines is 1. The molecule has 5 heteroatoms. The summed E-state index contributed by atoms with van der Waals surface area (Å²) < 4.78 is 4.94. The smallest absolute Gasteiger partial charge is 0.318 e. The van der Waals surface area contributed by atoms with Gasteiger partial charge >= 0.3 is 6.01 Å². The fraction of sp³-hybridized carbons (Fsp3) is 0.167. The Balaban J connectivity index is 2.08. The Morgan fingerprint density at radius 3 is 2.76 bits per heavy atom. The molecule has 0 saturated carbocycles. The molecule has 0 radical (unpaired) electrons. The molecule has 0 fully saturated rings. The van der Waals surface area contributed by atoms with Gasteiger partial charge in [0.05, 0.1) is 13.3 Å². The Bertz CT molecular complexity index is 490. The second-order valence-electron chi connectivity index (χ2n) is 3.39. The molecular weight excluding hydrogens is 238 g/mol. The van der Waals surface area contributed by atoms with Gasteiger partial charge in [-0.2, -0.15) is 4.98 Å². The van der Waals surface area contributed by atoms with Gasteiger partial charge in [-0.3, -0.25) is 0 Å². The van der Waals surface area contributed by atoms with Crippen LogP contribution in [0.3, 0.4) is 0 Å². The zero-order valence-corrected chi connectivity index (χ0v) is 10.1. The van der Waals surface area contributed by atoms with Gasteiger partial charge < -0.3 is 10.1 Å². The highest BCUT2D eigenvalue weighted by Gasteiger charge is 2.04. The van der Waals surface area contributed by atoms with Crippen LogP contribution in [0.5, 0.6) is 6.01 Å². The molecule has 0 atom stereocenters. The van der Waals surface area contributed by atoms with E-state index in [0.29, 0.717) is 23.4 Å². The van der Waals surface area contributed by atoms with Crippen LogP contribution in [0.25, 0.3) is 0 Å². The highest BCUT2D eigenvalue weighted by atomic mass is 35.5. The Morgan fingerprint density at radius 1 is 1.29 bits per heavy atom. The minimum Gasteiger partial charge on any atom is -0.467 e. The van der Waals surface area contributed by atoms with Crippen LogP contribution in [0.4, 0.5) is 5.82 Å². The molecule has 0 saturated heterocycles. The van der Waals surface area contributed by atoms with E-state index in [2.05, 4.69) is 15.3 Å². The number of nitrogens with one attached hydrogen (secondary N) is 1. The topological polar surface area (TPSA) is 47.0 Å². The Kier molecular flexibility index (Phi) is 3.77. The van der Waals surface area contributed by atoms with Gasteiger partial charge in [0.1, 0.15) is 5.02 Å². The molecule has 2 aromatic rings. The van der Waals surface area contributed by atoms with Crippen molar-refractivity contribution in [3.8, 4) is 6.01 Å². The second-order valence-corrected chi connectivity index (χ2v) is 3.80. The van der Waals surface area contributed by atoms with E-state index in [1.807, 2.05) is 30.3 Å². The van der Waals surface area contributed by atoms with E-state index in [-0.39, 0.29) is 0 Å². The molecule has 0 aliphatic rings.